The van der Waals surface area contributed by atoms with E-state index in [1.807, 2.05) is 60.4 Å². The van der Waals surface area contributed by atoms with Crippen molar-refractivity contribution in [2.45, 2.75) is 32.8 Å². The maximum Gasteiger partial charge on any atom is 0.337 e. The van der Waals surface area contributed by atoms with Gasteiger partial charge in [0.1, 0.15) is 6.61 Å². The molecular formula is C30H32N2O5. The van der Waals surface area contributed by atoms with E-state index in [9.17, 15) is 9.59 Å². The van der Waals surface area contributed by atoms with Crippen LogP contribution >= 0.6 is 0 Å². The summed E-state index contributed by atoms with van der Waals surface area (Å²) < 4.78 is 16.3. The van der Waals surface area contributed by atoms with E-state index in [1.54, 1.807) is 25.5 Å². The predicted molar refractivity (Wildman–Crippen MR) is 143 cm³/mol. The van der Waals surface area contributed by atoms with Gasteiger partial charge < -0.3 is 19.1 Å². The first-order valence-electron chi connectivity index (χ1n) is 12.4. The second-order valence-corrected chi connectivity index (χ2v) is 9.00. The van der Waals surface area contributed by atoms with E-state index < -0.39 is 5.97 Å². The summed E-state index contributed by atoms with van der Waals surface area (Å²) in [5.41, 5.74) is 4.57. The molecule has 192 valence electrons. The standard InChI is InChI=1S/C30H32N2O5/c1-21-7-11-25(30(34)36-3)18-26(21)31-19-23-10-14-27(28(17-23)35-2)37-20-22-8-12-24(13-9-22)29(33)32-15-5-4-6-16-32/h7-14,17-19H,4-6,15-16,20H2,1-3H3. The molecular weight excluding hydrogens is 468 g/mol. The lowest BCUT2D eigenvalue weighted by Gasteiger charge is -2.26. The molecule has 7 heteroatoms. The van der Waals surface area contributed by atoms with E-state index in [0.717, 1.165) is 42.6 Å². The van der Waals surface area contributed by atoms with E-state index in [0.29, 0.717) is 34.9 Å². The molecule has 3 aromatic carbocycles. The SMILES string of the molecule is COC(=O)c1ccc(C)c(N=Cc2ccc(OCc3ccc(C(=O)N4CCCCC4)cc3)c(OC)c2)c1. The Kier molecular flexibility index (Phi) is 8.56. The highest BCUT2D eigenvalue weighted by Gasteiger charge is 2.18. The molecule has 0 aromatic heterocycles. The van der Waals surface area contributed by atoms with Gasteiger partial charge in [-0.05, 0) is 85.3 Å². The zero-order chi connectivity index (χ0) is 26.2. The van der Waals surface area contributed by atoms with E-state index in [-0.39, 0.29) is 5.91 Å². The number of carbonyl (C=O) groups excluding carboxylic acids is 2. The summed E-state index contributed by atoms with van der Waals surface area (Å²) in [4.78, 5) is 31.0. The van der Waals surface area contributed by atoms with Crippen LogP contribution in [0.25, 0.3) is 0 Å². The van der Waals surface area contributed by atoms with Crippen LogP contribution in [0.5, 0.6) is 11.5 Å². The van der Waals surface area contributed by atoms with Crippen molar-refractivity contribution in [2.24, 2.45) is 4.99 Å². The summed E-state index contributed by atoms with van der Waals surface area (Å²) in [6.07, 6.45) is 5.06. The zero-order valence-corrected chi connectivity index (χ0v) is 21.5. The van der Waals surface area contributed by atoms with Crippen molar-refractivity contribution < 1.29 is 23.8 Å². The molecule has 4 rings (SSSR count). The number of carbonyl (C=O) groups is 2. The van der Waals surface area contributed by atoms with Crippen molar-refractivity contribution in [2.75, 3.05) is 27.3 Å². The topological polar surface area (TPSA) is 77.4 Å². The van der Waals surface area contributed by atoms with Crippen molar-refractivity contribution in [3.05, 3.63) is 88.5 Å². The number of aliphatic imine (C=N–C) groups is 1. The molecule has 0 saturated carbocycles. The molecule has 0 unspecified atom stereocenters. The van der Waals surface area contributed by atoms with Crippen LogP contribution in [0.4, 0.5) is 5.69 Å². The Labute approximate surface area is 217 Å². The van der Waals surface area contributed by atoms with Crippen LogP contribution in [-0.2, 0) is 11.3 Å². The largest absolute Gasteiger partial charge is 0.493 e. The third-order valence-corrected chi connectivity index (χ3v) is 6.41. The number of methoxy groups -OCH3 is 2. The molecule has 0 atom stereocenters. The van der Waals surface area contributed by atoms with Crippen molar-refractivity contribution >= 4 is 23.8 Å². The van der Waals surface area contributed by atoms with Gasteiger partial charge in [-0.3, -0.25) is 9.79 Å². The molecule has 1 amide bonds. The second-order valence-electron chi connectivity index (χ2n) is 9.00. The summed E-state index contributed by atoms with van der Waals surface area (Å²) >= 11 is 0. The molecule has 37 heavy (non-hydrogen) atoms. The summed E-state index contributed by atoms with van der Waals surface area (Å²) in [5.74, 6) is 0.888. The minimum Gasteiger partial charge on any atom is -0.493 e. The Morgan fingerprint density at radius 3 is 2.32 bits per heavy atom. The van der Waals surface area contributed by atoms with Crippen LogP contribution in [0.15, 0.2) is 65.7 Å². The molecule has 0 aliphatic carbocycles. The number of ether oxygens (including phenoxy) is 3. The number of benzene rings is 3. The van der Waals surface area contributed by atoms with Gasteiger partial charge in [0.15, 0.2) is 11.5 Å². The number of amides is 1. The molecule has 0 N–H and O–H groups in total. The highest BCUT2D eigenvalue weighted by atomic mass is 16.5. The molecule has 1 aliphatic rings. The minimum atomic E-state index is -0.400. The lowest BCUT2D eigenvalue weighted by Crippen LogP contribution is -2.35. The number of aryl methyl sites for hydroxylation is 1. The van der Waals surface area contributed by atoms with E-state index in [1.165, 1.54) is 13.5 Å². The maximum absolute atomic E-state index is 12.7. The average Bonchev–Trinajstić information content (AvgIpc) is 2.95. The molecule has 1 saturated heterocycles. The third kappa shape index (κ3) is 6.55. The molecule has 7 nitrogen and oxygen atoms in total. The molecule has 1 fully saturated rings. The number of piperidine rings is 1. The van der Waals surface area contributed by atoms with Crippen LogP contribution in [0, 0.1) is 6.92 Å². The highest BCUT2D eigenvalue weighted by molar-refractivity contribution is 5.94. The predicted octanol–water partition coefficient (Wildman–Crippen LogP) is 5.75. The van der Waals surface area contributed by atoms with Gasteiger partial charge in [-0.15, -0.1) is 0 Å². The second kappa shape index (κ2) is 12.2. The average molecular weight is 501 g/mol. The van der Waals surface area contributed by atoms with Crippen LogP contribution < -0.4 is 9.47 Å². The first-order chi connectivity index (χ1) is 18.0. The lowest BCUT2D eigenvalue weighted by molar-refractivity contribution is 0.0600. The quantitative estimate of drug-likeness (QED) is 0.291. The fraction of sp³-hybridized carbons (Fsp3) is 0.300. The summed E-state index contributed by atoms with van der Waals surface area (Å²) in [6.45, 7) is 3.95. The third-order valence-electron chi connectivity index (χ3n) is 6.41. The molecule has 1 heterocycles. The van der Waals surface area contributed by atoms with Gasteiger partial charge >= 0.3 is 5.97 Å². The van der Waals surface area contributed by atoms with Crippen molar-refractivity contribution in [1.82, 2.24) is 4.90 Å². The molecule has 1 aliphatic heterocycles. The van der Waals surface area contributed by atoms with E-state index in [4.69, 9.17) is 14.2 Å². The van der Waals surface area contributed by atoms with E-state index in [2.05, 4.69) is 4.99 Å². The fourth-order valence-corrected chi connectivity index (χ4v) is 4.21. The molecule has 0 bridgehead atoms. The first kappa shape index (κ1) is 25.9. The number of hydrogen-bond acceptors (Lipinski definition) is 6. The first-order valence-corrected chi connectivity index (χ1v) is 12.4. The Balaban J connectivity index is 1.40. The Morgan fingerprint density at radius 2 is 1.62 bits per heavy atom. The van der Waals surface area contributed by atoms with Crippen LogP contribution in [-0.4, -0.2) is 50.3 Å². The van der Waals surface area contributed by atoms with Gasteiger partial charge in [-0.25, -0.2) is 4.79 Å². The van der Waals surface area contributed by atoms with E-state index >= 15 is 0 Å². The number of likely N-dealkylation sites (tertiary alicyclic amines) is 1. The number of hydrogen-bond donors (Lipinski definition) is 0. The fourth-order valence-electron chi connectivity index (χ4n) is 4.21. The van der Waals surface area contributed by atoms with Crippen LogP contribution in [0.3, 0.4) is 0 Å². The van der Waals surface area contributed by atoms with Gasteiger partial charge in [0.05, 0.1) is 25.5 Å². The van der Waals surface area contributed by atoms with Gasteiger partial charge in [0.2, 0.25) is 0 Å². The maximum atomic E-state index is 12.7. The monoisotopic (exact) mass is 500 g/mol. The van der Waals surface area contributed by atoms with Crippen LogP contribution in [0.1, 0.15) is 56.7 Å². The number of nitrogens with zero attached hydrogens (tertiary/aromatic N) is 2. The molecule has 3 aromatic rings. The molecule has 0 radical (unpaired) electrons. The lowest BCUT2D eigenvalue weighted by atomic mass is 10.1. The number of rotatable bonds is 8. The zero-order valence-electron chi connectivity index (χ0n) is 21.5. The minimum absolute atomic E-state index is 0.0957. The highest BCUT2D eigenvalue weighted by Crippen LogP contribution is 2.29. The van der Waals surface area contributed by atoms with Gasteiger partial charge in [-0.2, -0.15) is 0 Å². The van der Waals surface area contributed by atoms with Crippen molar-refractivity contribution in [1.29, 1.82) is 0 Å². The van der Waals surface area contributed by atoms with Gasteiger partial charge in [-0.1, -0.05) is 18.2 Å². The Hall–Kier alpha value is -4.13. The summed E-state index contributed by atoms with van der Waals surface area (Å²) in [5, 5.41) is 0. The number of esters is 1. The van der Waals surface area contributed by atoms with Crippen molar-refractivity contribution in [3.63, 3.8) is 0 Å². The summed E-state index contributed by atoms with van der Waals surface area (Å²) in [7, 11) is 2.95. The van der Waals surface area contributed by atoms with Crippen molar-refractivity contribution in [3.8, 4) is 11.5 Å². The normalized spacial score (nSPS) is 13.4. The smallest absolute Gasteiger partial charge is 0.337 e. The van der Waals surface area contributed by atoms with Gasteiger partial charge in [0, 0.05) is 24.9 Å². The van der Waals surface area contributed by atoms with Crippen LogP contribution in [0.2, 0.25) is 0 Å². The van der Waals surface area contributed by atoms with Gasteiger partial charge in [0.25, 0.3) is 5.91 Å². The Bertz CT molecular complexity index is 1280. The molecule has 0 spiro atoms. The summed E-state index contributed by atoms with van der Waals surface area (Å²) in [6, 6.07) is 18.4. The Morgan fingerprint density at radius 1 is 0.892 bits per heavy atom.